The molecular formula is C14H10Br2N2OS. The number of nitrogens with one attached hydrogen (secondary N) is 2. The lowest BCUT2D eigenvalue weighted by Crippen LogP contribution is -2.34. The molecule has 0 aromatic heterocycles. The van der Waals surface area contributed by atoms with Gasteiger partial charge in [0, 0.05) is 20.2 Å². The number of carbonyl (C=O) groups excluding carboxylic acids is 1. The minimum atomic E-state index is -0.239. The maximum atomic E-state index is 11.9. The second kappa shape index (κ2) is 6.97. The number of thiocarbonyl (C=S) groups is 1. The van der Waals surface area contributed by atoms with Crippen molar-refractivity contribution in [2.75, 3.05) is 5.32 Å². The van der Waals surface area contributed by atoms with E-state index in [1.54, 1.807) is 24.3 Å². The Bertz CT molecular complexity index is 627. The van der Waals surface area contributed by atoms with Crippen molar-refractivity contribution in [2.24, 2.45) is 0 Å². The Kier molecular flexibility index (Phi) is 5.28. The van der Waals surface area contributed by atoms with Crippen molar-refractivity contribution in [3.63, 3.8) is 0 Å². The molecule has 0 saturated carbocycles. The first-order valence-corrected chi connectivity index (χ1v) is 7.67. The second-order valence-corrected chi connectivity index (χ2v) is 6.17. The van der Waals surface area contributed by atoms with E-state index in [-0.39, 0.29) is 11.0 Å². The summed E-state index contributed by atoms with van der Waals surface area (Å²) >= 11 is 11.9. The van der Waals surface area contributed by atoms with Gasteiger partial charge in [0.25, 0.3) is 5.91 Å². The van der Waals surface area contributed by atoms with Crippen molar-refractivity contribution in [1.29, 1.82) is 0 Å². The van der Waals surface area contributed by atoms with E-state index in [1.807, 2.05) is 24.3 Å². The SMILES string of the molecule is O=C(NC(=S)Nc1cc(Br)cc(Br)c1)c1ccccc1. The third kappa shape index (κ3) is 4.40. The monoisotopic (exact) mass is 412 g/mol. The van der Waals surface area contributed by atoms with Gasteiger partial charge in [-0.05, 0) is 42.5 Å². The van der Waals surface area contributed by atoms with Crippen LogP contribution in [-0.4, -0.2) is 11.0 Å². The highest BCUT2D eigenvalue weighted by atomic mass is 79.9. The Morgan fingerprint density at radius 3 is 2.20 bits per heavy atom. The van der Waals surface area contributed by atoms with Crippen LogP contribution < -0.4 is 10.6 Å². The van der Waals surface area contributed by atoms with Gasteiger partial charge in [-0.1, -0.05) is 50.1 Å². The van der Waals surface area contributed by atoms with Crippen LogP contribution in [0.25, 0.3) is 0 Å². The Balaban J connectivity index is 2.01. The third-order valence-electron chi connectivity index (χ3n) is 2.38. The average Bonchev–Trinajstić information content (AvgIpc) is 2.38. The van der Waals surface area contributed by atoms with E-state index in [1.165, 1.54) is 0 Å². The van der Waals surface area contributed by atoms with Crippen LogP contribution in [-0.2, 0) is 0 Å². The largest absolute Gasteiger partial charge is 0.332 e. The Hall–Kier alpha value is -1.24. The number of amides is 1. The minimum absolute atomic E-state index is 0.239. The average molecular weight is 414 g/mol. The van der Waals surface area contributed by atoms with Crippen molar-refractivity contribution in [3.8, 4) is 0 Å². The van der Waals surface area contributed by atoms with E-state index in [0.717, 1.165) is 14.6 Å². The van der Waals surface area contributed by atoms with E-state index < -0.39 is 0 Å². The molecule has 0 saturated heterocycles. The molecule has 0 aliphatic heterocycles. The van der Waals surface area contributed by atoms with Gasteiger partial charge in [-0.3, -0.25) is 10.1 Å². The summed E-state index contributed by atoms with van der Waals surface area (Å²) in [5.41, 5.74) is 1.34. The molecule has 0 fully saturated rings. The summed E-state index contributed by atoms with van der Waals surface area (Å²) in [6.07, 6.45) is 0. The normalized spacial score (nSPS) is 9.90. The van der Waals surface area contributed by atoms with Crippen LogP contribution in [0.1, 0.15) is 10.4 Å². The van der Waals surface area contributed by atoms with Gasteiger partial charge < -0.3 is 5.32 Å². The highest BCUT2D eigenvalue weighted by molar-refractivity contribution is 9.11. The lowest BCUT2D eigenvalue weighted by atomic mass is 10.2. The number of hydrogen-bond donors (Lipinski definition) is 2. The van der Waals surface area contributed by atoms with Gasteiger partial charge in [0.2, 0.25) is 0 Å². The van der Waals surface area contributed by atoms with Gasteiger partial charge in [0.05, 0.1) is 0 Å². The van der Waals surface area contributed by atoms with Gasteiger partial charge >= 0.3 is 0 Å². The zero-order valence-corrected chi connectivity index (χ0v) is 14.2. The smallest absolute Gasteiger partial charge is 0.257 e. The van der Waals surface area contributed by atoms with Crippen molar-refractivity contribution < 1.29 is 4.79 Å². The third-order valence-corrected chi connectivity index (χ3v) is 3.50. The highest BCUT2D eigenvalue weighted by Gasteiger charge is 2.07. The predicted molar refractivity (Wildman–Crippen MR) is 92.0 cm³/mol. The molecule has 0 bridgehead atoms. The van der Waals surface area contributed by atoms with Gasteiger partial charge in [-0.15, -0.1) is 0 Å². The molecule has 102 valence electrons. The molecule has 2 rings (SSSR count). The van der Waals surface area contributed by atoms with Gasteiger partial charge in [0.1, 0.15) is 0 Å². The summed E-state index contributed by atoms with van der Waals surface area (Å²) in [6, 6.07) is 14.6. The molecule has 1 amide bonds. The molecule has 2 N–H and O–H groups in total. The van der Waals surface area contributed by atoms with Crippen molar-refractivity contribution in [3.05, 3.63) is 63.0 Å². The van der Waals surface area contributed by atoms with Crippen LogP contribution >= 0.6 is 44.1 Å². The standard InChI is InChI=1S/C14H10Br2N2OS/c15-10-6-11(16)8-12(7-10)17-14(20)18-13(19)9-4-2-1-3-5-9/h1-8H,(H2,17,18,19,20). The summed E-state index contributed by atoms with van der Waals surface area (Å²) in [6.45, 7) is 0. The van der Waals surface area contributed by atoms with Crippen molar-refractivity contribution in [2.45, 2.75) is 0 Å². The molecule has 0 radical (unpaired) electrons. The number of halogens is 2. The fourth-order valence-corrected chi connectivity index (χ4v) is 3.06. The van der Waals surface area contributed by atoms with Gasteiger partial charge in [-0.25, -0.2) is 0 Å². The maximum Gasteiger partial charge on any atom is 0.257 e. The Morgan fingerprint density at radius 2 is 1.60 bits per heavy atom. The zero-order valence-electron chi connectivity index (χ0n) is 10.2. The number of hydrogen-bond acceptors (Lipinski definition) is 2. The fraction of sp³-hybridized carbons (Fsp3) is 0. The van der Waals surface area contributed by atoms with Crippen LogP contribution in [0.2, 0.25) is 0 Å². The van der Waals surface area contributed by atoms with Gasteiger partial charge in [-0.2, -0.15) is 0 Å². The first-order chi connectivity index (χ1) is 9.54. The van der Waals surface area contributed by atoms with Gasteiger partial charge in [0.15, 0.2) is 5.11 Å². The van der Waals surface area contributed by atoms with Crippen LogP contribution in [0.3, 0.4) is 0 Å². The molecule has 3 nitrogen and oxygen atoms in total. The molecule has 0 spiro atoms. The first kappa shape index (κ1) is 15.2. The molecule has 0 aliphatic carbocycles. The topological polar surface area (TPSA) is 41.1 Å². The lowest BCUT2D eigenvalue weighted by molar-refractivity contribution is 0.0978. The number of rotatable bonds is 2. The number of anilines is 1. The number of carbonyl (C=O) groups is 1. The van der Waals surface area contributed by atoms with Crippen LogP contribution in [0.15, 0.2) is 57.5 Å². The van der Waals surface area contributed by atoms with E-state index in [9.17, 15) is 4.79 Å². The molecule has 20 heavy (non-hydrogen) atoms. The van der Waals surface area contributed by atoms with E-state index in [2.05, 4.69) is 42.5 Å². The van der Waals surface area contributed by atoms with Crippen molar-refractivity contribution >= 4 is 60.8 Å². The van der Waals surface area contributed by atoms with Crippen molar-refractivity contribution in [1.82, 2.24) is 5.32 Å². The van der Waals surface area contributed by atoms with Crippen LogP contribution in [0.4, 0.5) is 5.69 Å². The number of benzene rings is 2. The van der Waals surface area contributed by atoms with E-state index >= 15 is 0 Å². The summed E-state index contributed by atoms with van der Waals surface area (Å²) in [5, 5.41) is 5.85. The summed E-state index contributed by atoms with van der Waals surface area (Å²) < 4.78 is 1.82. The summed E-state index contributed by atoms with van der Waals surface area (Å²) in [5.74, 6) is -0.239. The fourth-order valence-electron chi connectivity index (χ4n) is 1.55. The Morgan fingerprint density at radius 1 is 1.00 bits per heavy atom. The second-order valence-electron chi connectivity index (χ2n) is 3.93. The minimum Gasteiger partial charge on any atom is -0.332 e. The van der Waals surface area contributed by atoms with Crippen LogP contribution in [0, 0.1) is 0 Å². The Labute approximate surface area is 139 Å². The molecule has 0 atom stereocenters. The molecule has 0 heterocycles. The summed E-state index contributed by atoms with van der Waals surface area (Å²) in [4.78, 5) is 11.9. The molecule has 2 aromatic carbocycles. The molecule has 0 unspecified atom stereocenters. The maximum absolute atomic E-state index is 11.9. The van der Waals surface area contributed by atoms with E-state index in [0.29, 0.717) is 5.56 Å². The molecule has 6 heteroatoms. The molecular weight excluding hydrogens is 404 g/mol. The van der Waals surface area contributed by atoms with E-state index in [4.69, 9.17) is 12.2 Å². The predicted octanol–water partition coefficient (Wildman–Crippen LogP) is 4.34. The summed E-state index contributed by atoms with van der Waals surface area (Å²) in [7, 11) is 0. The first-order valence-electron chi connectivity index (χ1n) is 5.68. The zero-order chi connectivity index (χ0) is 14.5. The molecule has 0 aliphatic rings. The highest BCUT2D eigenvalue weighted by Crippen LogP contribution is 2.23. The molecule has 2 aromatic rings. The van der Waals surface area contributed by atoms with Crippen LogP contribution in [0.5, 0.6) is 0 Å². The lowest BCUT2D eigenvalue weighted by Gasteiger charge is -2.10. The quantitative estimate of drug-likeness (QED) is 0.719.